The van der Waals surface area contributed by atoms with E-state index in [1.54, 1.807) is 0 Å². The van der Waals surface area contributed by atoms with Crippen LogP contribution in [-0.4, -0.2) is 58.6 Å². The Labute approximate surface area is 136 Å². The molecule has 1 N–H and O–H groups in total. The maximum Gasteiger partial charge on any atom is 0.239 e. The highest BCUT2D eigenvalue weighted by Gasteiger charge is 2.35. The number of H-pyrrole nitrogens is 1. The number of amides is 1. The monoisotopic (exact) mass is 310 g/mol. The van der Waals surface area contributed by atoms with Crippen molar-refractivity contribution in [3.63, 3.8) is 0 Å². The highest BCUT2D eigenvalue weighted by Crippen LogP contribution is 2.28. The molecule has 1 saturated heterocycles. The summed E-state index contributed by atoms with van der Waals surface area (Å²) in [5.41, 5.74) is 4.77. The fourth-order valence-corrected chi connectivity index (χ4v) is 3.79. The minimum atomic E-state index is 0.0668. The van der Waals surface area contributed by atoms with Crippen LogP contribution in [0.5, 0.6) is 0 Å². The lowest BCUT2D eigenvalue weighted by Crippen LogP contribution is -2.42. The zero-order chi connectivity index (χ0) is 15.8. The molecule has 1 aromatic carbocycles. The highest BCUT2D eigenvalue weighted by atomic mass is 16.2. The number of hydrogen-bond donors (Lipinski definition) is 1. The van der Waals surface area contributed by atoms with Gasteiger partial charge in [0.15, 0.2) is 0 Å². The average molecular weight is 310 g/mol. The van der Waals surface area contributed by atoms with Crippen LogP contribution in [0.15, 0.2) is 30.3 Å². The number of nitrogens with one attached hydrogen (secondary N) is 1. The van der Waals surface area contributed by atoms with E-state index >= 15 is 0 Å². The Bertz CT molecular complexity index is 709. The van der Waals surface area contributed by atoms with E-state index in [0.717, 1.165) is 50.2 Å². The molecule has 4 rings (SSSR count). The van der Waals surface area contributed by atoms with E-state index in [0.29, 0.717) is 0 Å². The molecule has 0 radical (unpaired) electrons. The van der Waals surface area contributed by atoms with E-state index in [2.05, 4.69) is 27.2 Å². The number of likely N-dealkylation sites (N-methyl/N-ethyl adjacent to an activating group) is 1. The smallest absolute Gasteiger partial charge is 0.239 e. The van der Waals surface area contributed by atoms with E-state index in [9.17, 15) is 4.79 Å². The second kappa shape index (κ2) is 5.81. The Kier molecular flexibility index (Phi) is 3.65. The van der Waals surface area contributed by atoms with Gasteiger partial charge in [-0.1, -0.05) is 30.3 Å². The zero-order valence-electron chi connectivity index (χ0n) is 13.5. The van der Waals surface area contributed by atoms with Crippen molar-refractivity contribution in [2.24, 2.45) is 0 Å². The summed E-state index contributed by atoms with van der Waals surface area (Å²) in [5.74, 6) is 0.275. The second-order valence-electron chi connectivity index (χ2n) is 6.50. The summed E-state index contributed by atoms with van der Waals surface area (Å²) in [6, 6.07) is 10.4. The molecular formula is C18H22N4O. The van der Waals surface area contributed by atoms with Crippen LogP contribution in [0.2, 0.25) is 0 Å². The van der Waals surface area contributed by atoms with Crippen LogP contribution in [0, 0.1) is 0 Å². The maximum absolute atomic E-state index is 12.3. The lowest BCUT2D eigenvalue weighted by Gasteiger charge is -2.25. The number of rotatable bonds is 2. The van der Waals surface area contributed by atoms with Gasteiger partial charge in [0.1, 0.15) is 0 Å². The minimum absolute atomic E-state index is 0.0668. The first-order chi connectivity index (χ1) is 11.2. The lowest BCUT2D eigenvalue weighted by atomic mass is 10.0. The number of carbonyl (C=O) groups is 1. The molecule has 3 heterocycles. The normalized spacial score (nSPS) is 22.2. The molecule has 2 aliphatic heterocycles. The van der Waals surface area contributed by atoms with Gasteiger partial charge in [-0.3, -0.25) is 14.8 Å². The van der Waals surface area contributed by atoms with E-state index in [-0.39, 0.29) is 11.9 Å². The Morgan fingerprint density at radius 2 is 1.91 bits per heavy atom. The molecule has 5 heteroatoms. The number of benzene rings is 1. The molecule has 0 bridgehead atoms. The van der Waals surface area contributed by atoms with E-state index < -0.39 is 0 Å². The first-order valence-corrected chi connectivity index (χ1v) is 8.34. The van der Waals surface area contributed by atoms with Crippen molar-refractivity contribution in [2.45, 2.75) is 25.3 Å². The van der Waals surface area contributed by atoms with Crippen molar-refractivity contribution in [1.29, 1.82) is 0 Å². The maximum atomic E-state index is 12.3. The SMILES string of the molecule is CN1CCC(N2CCc3[nH]nc(-c4ccccc4)c3CC2)C1=O. The topological polar surface area (TPSA) is 52.2 Å². The van der Waals surface area contributed by atoms with Gasteiger partial charge in [-0.15, -0.1) is 0 Å². The quantitative estimate of drug-likeness (QED) is 0.919. The molecule has 2 aromatic rings. The van der Waals surface area contributed by atoms with Crippen molar-refractivity contribution < 1.29 is 4.79 Å². The summed E-state index contributed by atoms with van der Waals surface area (Å²) in [5, 5.41) is 7.76. The summed E-state index contributed by atoms with van der Waals surface area (Å²) in [4.78, 5) is 16.5. The molecule has 23 heavy (non-hydrogen) atoms. The van der Waals surface area contributed by atoms with Crippen LogP contribution in [0.4, 0.5) is 0 Å². The van der Waals surface area contributed by atoms with Crippen LogP contribution in [0.25, 0.3) is 11.3 Å². The Balaban J connectivity index is 1.56. The number of hydrogen-bond acceptors (Lipinski definition) is 3. The number of nitrogens with zero attached hydrogens (tertiary/aromatic N) is 3. The van der Waals surface area contributed by atoms with Crippen molar-refractivity contribution in [2.75, 3.05) is 26.7 Å². The highest BCUT2D eigenvalue weighted by molar-refractivity contribution is 5.83. The van der Waals surface area contributed by atoms with Crippen LogP contribution >= 0.6 is 0 Å². The van der Waals surface area contributed by atoms with Gasteiger partial charge >= 0.3 is 0 Å². The van der Waals surface area contributed by atoms with Crippen molar-refractivity contribution >= 4 is 5.91 Å². The Hall–Kier alpha value is -2.14. The average Bonchev–Trinajstić information content (AvgIpc) is 3.06. The molecule has 5 nitrogen and oxygen atoms in total. The Morgan fingerprint density at radius 1 is 1.13 bits per heavy atom. The first kappa shape index (κ1) is 14.5. The largest absolute Gasteiger partial charge is 0.344 e. The predicted molar refractivity (Wildman–Crippen MR) is 89.0 cm³/mol. The molecule has 1 atom stereocenters. The van der Waals surface area contributed by atoms with Gasteiger partial charge in [0.25, 0.3) is 0 Å². The molecule has 2 aliphatic rings. The lowest BCUT2D eigenvalue weighted by molar-refractivity contribution is -0.131. The minimum Gasteiger partial charge on any atom is -0.344 e. The number of carbonyl (C=O) groups excluding carboxylic acids is 1. The van der Waals surface area contributed by atoms with E-state index in [4.69, 9.17) is 0 Å². The van der Waals surface area contributed by atoms with Crippen LogP contribution in [-0.2, 0) is 17.6 Å². The van der Waals surface area contributed by atoms with Crippen molar-refractivity contribution in [3.05, 3.63) is 41.6 Å². The Morgan fingerprint density at radius 3 is 2.65 bits per heavy atom. The molecule has 0 saturated carbocycles. The van der Waals surface area contributed by atoms with Gasteiger partial charge in [-0.05, 0) is 12.8 Å². The number of likely N-dealkylation sites (tertiary alicyclic amines) is 1. The third kappa shape index (κ3) is 2.55. The van der Waals surface area contributed by atoms with Gasteiger partial charge in [-0.2, -0.15) is 5.10 Å². The molecule has 120 valence electrons. The number of aromatic amines is 1. The second-order valence-corrected chi connectivity index (χ2v) is 6.50. The van der Waals surface area contributed by atoms with Crippen LogP contribution in [0.3, 0.4) is 0 Å². The van der Waals surface area contributed by atoms with Gasteiger partial charge in [0, 0.05) is 49.9 Å². The number of aromatic nitrogens is 2. The third-order valence-electron chi connectivity index (χ3n) is 5.14. The molecule has 0 aliphatic carbocycles. The summed E-state index contributed by atoms with van der Waals surface area (Å²) < 4.78 is 0. The summed E-state index contributed by atoms with van der Waals surface area (Å²) in [6.45, 7) is 2.73. The molecule has 1 amide bonds. The van der Waals surface area contributed by atoms with Crippen LogP contribution in [0.1, 0.15) is 17.7 Å². The van der Waals surface area contributed by atoms with Gasteiger partial charge in [-0.25, -0.2) is 0 Å². The van der Waals surface area contributed by atoms with E-state index in [1.807, 2.05) is 30.1 Å². The fraction of sp³-hybridized carbons (Fsp3) is 0.444. The summed E-state index contributed by atoms with van der Waals surface area (Å²) >= 11 is 0. The fourth-order valence-electron chi connectivity index (χ4n) is 3.79. The first-order valence-electron chi connectivity index (χ1n) is 8.34. The van der Waals surface area contributed by atoms with Gasteiger partial charge in [0.05, 0.1) is 11.7 Å². The third-order valence-corrected chi connectivity index (χ3v) is 5.14. The predicted octanol–water partition coefficient (Wildman–Crippen LogP) is 1.71. The van der Waals surface area contributed by atoms with Gasteiger partial charge < -0.3 is 4.90 Å². The van der Waals surface area contributed by atoms with E-state index in [1.165, 1.54) is 11.3 Å². The molecule has 1 aromatic heterocycles. The molecule has 0 spiro atoms. The van der Waals surface area contributed by atoms with Crippen LogP contribution < -0.4 is 0 Å². The van der Waals surface area contributed by atoms with Crippen molar-refractivity contribution in [1.82, 2.24) is 20.0 Å². The van der Waals surface area contributed by atoms with Gasteiger partial charge in [0.2, 0.25) is 5.91 Å². The standard InChI is InChI=1S/C18H22N4O/c1-21-10-9-16(18(21)23)22-11-7-14-15(8-12-22)19-20-17(14)13-5-3-2-4-6-13/h2-6,16H,7-12H2,1H3,(H,19,20). The summed E-state index contributed by atoms with van der Waals surface area (Å²) in [7, 11) is 1.90. The molecular weight excluding hydrogens is 288 g/mol. The number of fused-ring (bicyclic) bond motifs is 1. The molecule has 1 fully saturated rings. The molecule has 1 unspecified atom stereocenters. The zero-order valence-corrected chi connectivity index (χ0v) is 13.5. The van der Waals surface area contributed by atoms with Crippen molar-refractivity contribution in [3.8, 4) is 11.3 Å². The summed E-state index contributed by atoms with van der Waals surface area (Å²) in [6.07, 6.45) is 2.83.